The zero-order chi connectivity index (χ0) is 8.97. The van der Waals surface area contributed by atoms with Crippen LogP contribution in [0.1, 0.15) is 5.56 Å². The quantitative estimate of drug-likeness (QED) is 0.662. The van der Waals surface area contributed by atoms with E-state index in [2.05, 4.69) is 20.5 Å². The van der Waals surface area contributed by atoms with Gasteiger partial charge >= 0.3 is 8.25 Å². The van der Waals surface area contributed by atoms with Crippen molar-refractivity contribution in [2.75, 3.05) is 0 Å². The summed E-state index contributed by atoms with van der Waals surface area (Å²) in [7, 11) is -2.56. The molecule has 0 heterocycles. The molecule has 0 aliphatic carbocycles. The maximum atomic E-state index is 10.3. The number of rotatable bonds is 3. The topological polar surface area (TPSA) is 46.5 Å². The Bertz CT molecular complexity index is 290. The average molecular weight is 250 g/mol. The van der Waals surface area contributed by atoms with Crippen LogP contribution in [0.3, 0.4) is 0 Å². The minimum atomic E-state index is -2.56. The summed E-state index contributed by atoms with van der Waals surface area (Å²) in [5.74, 6) is 0.413. The molecule has 0 aliphatic rings. The minimum absolute atomic E-state index is 0.413. The maximum Gasteiger partial charge on any atom is 0.747 e. The number of benzene rings is 1. The summed E-state index contributed by atoms with van der Waals surface area (Å²) >= 11 is 3.27. The highest BCUT2D eigenvalue weighted by atomic mass is 79.9. The van der Waals surface area contributed by atoms with Gasteiger partial charge in [-0.05, 0) is 17.7 Å². The molecule has 1 N–H and O–H groups in total. The van der Waals surface area contributed by atoms with Crippen molar-refractivity contribution in [3.05, 3.63) is 29.8 Å². The average Bonchev–Trinajstić information content (AvgIpc) is 2.03. The van der Waals surface area contributed by atoms with Crippen molar-refractivity contribution in [2.45, 2.75) is 5.33 Å². The molecule has 0 radical (unpaired) electrons. The second-order valence-electron chi connectivity index (χ2n) is 2.11. The van der Waals surface area contributed by atoms with Crippen LogP contribution < -0.4 is 4.52 Å². The van der Waals surface area contributed by atoms with E-state index in [1.165, 1.54) is 0 Å². The van der Waals surface area contributed by atoms with Crippen molar-refractivity contribution in [2.24, 2.45) is 0 Å². The zero-order valence-corrected chi connectivity index (χ0v) is 8.59. The van der Waals surface area contributed by atoms with Crippen LogP contribution in [0.25, 0.3) is 0 Å². The molecule has 0 saturated carbocycles. The van der Waals surface area contributed by atoms with E-state index >= 15 is 0 Å². The molecule has 3 nitrogen and oxygen atoms in total. The van der Waals surface area contributed by atoms with Gasteiger partial charge in [0.25, 0.3) is 0 Å². The van der Waals surface area contributed by atoms with Crippen LogP contribution in [0.4, 0.5) is 0 Å². The molecule has 0 fully saturated rings. The van der Waals surface area contributed by atoms with E-state index in [9.17, 15) is 4.57 Å². The Kier molecular flexibility index (Phi) is 3.66. The van der Waals surface area contributed by atoms with E-state index in [4.69, 9.17) is 4.89 Å². The van der Waals surface area contributed by atoms with Crippen molar-refractivity contribution in [1.29, 1.82) is 0 Å². The lowest BCUT2D eigenvalue weighted by Crippen LogP contribution is -1.82. The summed E-state index contributed by atoms with van der Waals surface area (Å²) in [4.78, 5) is 8.44. The molecule has 0 bridgehead atoms. The molecule has 1 atom stereocenters. The van der Waals surface area contributed by atoms with Gasteiger partial charge in [0, 0.05) is 9.90 Å². The van der Waals surface area contributed by atoms with Gasteiger partial charge in [-0.2, -0.15) is 0 Å². The summed E-state index contributed by atoms with van der Waals surface area (Å²) in [6.45, 7) is 0. The number of hydrogen-bond acceptors (Lipinski definition) is 2. The predicted octanol–water partition coefficient (Wildman–Crippen LogP) is 2.61. The highest BCUT2D eigenvalue weighted by Gasteiger charge is 2.13. The Morgan fingerprint density at radius 3 is 2.92 bits per heavy atom. The van der Waals surface area contributed by atoms with Gasteiger partial charge in [0.05, 0.1) is 0 Å². The van der Waals surface area contributed by atoms with Crippen LogP contribution in [-0.2, 0) is 9.90 Å². The van der Waals surface area contributed by atoms with Crippen LogP contribution in [0, 0.1) is 0 Å². The van der Waals surface area contributed by atoms with Gasteiger partial charge in [0.2, 0.25) is 0 Å². The van der Waals surface area contributed by atoms with Gasteiger partial charge in [-0.3, -0.25) is 0 Å². The third-order valence-corrected chi connectivity index (χ3v) is 2.25. The highest BCUT2D eigenvalue weighted by molar-refractivity contribution is 9.08. The lowest BCUT2D eigenvalue weighted by molar-refractivity contribution is 0.410. The van der Waals surface area contributed by atoms with E-state index in [1.807, 2.05) is 6.07 Å². The smallest absolute Gasteiger partial charge is 0.229 e. The van der Waals surface area contributed by atoms with Gasteiger partial charge in [0.1, 0.15) is 0 Å². The molecule has 1 aromatic carbocycles. The minimum Gasteiger partial charge on any atom is -0.229 e. The first kappa shape index (κ1) is 9.65. The van der Waals surface area contributed by atoms with Crippen molar-refractivity contribution in [3.63, 3.8) is 0 Å². The Morgan fingerprint density at radius 2 is 2.33 bits per heavy atom. The first-order valence-electron chi connectivity index (χ1n) is 3.21. The predicted molar refractivity (Wildman–Crippen MR) is 49.5 cm³/mol. The fourth-order valence-corrected chi connectivity index (χ4v) is 1.42. The Hall–Kier alpha value is -0.440. The van der Waals surface area contributed by atoms with E-state index in [-0.39, 0.29) is 0 Å². The van der Waals surface area contributed by atoms with Crippen molar-refractivity contribution < 1.29 is 14.0 Å². The Labute approximate surface area is 79.4 Å². The molecule has 64 valence electrons. The summed E-state index contributed by atoms with van der Waals surface area (Å²) in [5.41, 5.74) is 1.00. The van der Waals surface area contributed by atoms with Crippen LogP contribution in [0.5, 0.6) is 5.75 Å². The van der Waals surface area contributed by atoms with Crippen molar-refractivity contribution >= 4 is 24.2 Å². The molecule has 0 aromatic heterocycles. The lowest BCUT2D eigenvalue weighted by atomic mass is 10.2. The highest BCUT2D eigenvalue weighted by Crippen LogP contribution is 2.23. The molecular formula is C7H7BrO3P+. The van der Waals surface area contributed by atoms with Gasteiger partial charge in [-0.15, -0.1) is 4.89 Å². The molecule has 0 aliphatic heterocycles. The standard InChI is InChI=1S/C7H6BrO3P/c8-5-6-2-1-3-7(4-6)11-12(9)10/h1-4H,5H2/p+1. The summed E-state index contributed by atoms with van der Waals surface area (Å²) in [6, 6.07) is 7.00. The molecule has 1 aromatic rings. The zero-order valence-electron chi connectivity index (χ0n) is 6.11. The number of alkyl halides is 1. The lowest BCUT2D eigenvalue weighted by Gasteiger charge is -1.94. The fourth-order valence-electron chi connectivity index (χ4n) is 0.776. The fraction of sp³-hybridized carbons (Fsp3) is 0.143. The first-order valence-corrected chi connectivity index (χ1v) is 5.46. The molecule has 0 spiro atoms. The van der Waals surface area contributed by atoms with E-state index in [0.717, 1.165) is 5.56 Å². The van der Waals surface area contributed by atoms with Gasteiger partial charge in [-0.1, -0.05) is 28.1 Å². The number of hydrogen-bond donors (Lipinski definition) is 1. The molecule has 1 rings (SSSR count). The second kappa shape index (κ2) is 4.55. The van der Waals surface area contributed by atoms with E-state index < -0.39 is 8.25 Å². The molecule has 1 unspecified atom stereocenters. The van der Waals surface area contributed by atoms with Gasteiger partial charge in [-0.25, -0.2) is 4.52 Å². The first-order chi connectivity index (χ1) is 5.72. The second-order valence-corrected chi connectivity index (χ2v) is 3.33. The molecule has 5 heteroatoms. The van der Waals surface area contributed by atoms with Crippen molar-refractivity contribution in [3.8, 4) is 5.75 Å². The number of halogens is 1. The molecule has 0 saturated heterocycles. The van der Waals surface area contributed by atoms with Gasteiger partial charge in [0.15, 0.2) is 5.75 Å². The SMILES string of the molecule is O=[P+](O)Oc1cccc(CBr)c1. The van der Waals surface area contributed by atoms with Crippen LogP contribution in [0.15, 0.2) is 24.3 Å². The summed E-state index contributed by atoms with van der Waals surface area (Å²) < 4.78 is 14.9. The molecule has 12 heavy (non-hydrogen) atoms. The van der Waals surface area contributed by atoms with E-state index in [0.29, 0.717) is 11.1 Å². The molecular weight excluding hydrogens is 243 g/mol. The normalized spacial score (nSPS) is 11.0. The third kappa shape index (κ3) is 2.89. The Morgan fingerprint density at radius 1 is 1.58 bits per heavy atom. The monoisotopic (exact) mass is 249 g/mol. The van der Waals surface area contributed by atoms with Crippen LogP contribution >= 0.6 is 24.2 Å². The van der Waals surface area contributed by atoms with Gasteiger partial charge < -0.3 is 0 Å². The van der Waals surface area contributed by atoms with Crippen LogP contribution in [-0.4, -0.2) is 4.89 Å². The largest absolute Gasteiger partial charge is 0.747 e. The van der Waals surface area contributed by atoms with Crippen LogP contribution in [0.2, 0.25) is 0 Å². The van der Waals surface area contributed by atoms with Crippen molar-refractivity contribution in [1.82, 2.24) is 0 Å². The Balaban J connectivity index is 2.79. The summed E-state index contributed by atoms with van der Waals surface area (Å²) in [6.07, 6.45) is 0. The van der Waals surface area contributed by atoms with E-state index in [1.54, 1.807) is 18.2 Å². The maximum absolute atomic E-state index is 10.3. The summed E-state index contributed by atoms with van der Waals surface area (Å²) in [5, 5.41) is 0.701. The third-order valence-electron chi connectivity index (χ3n) is 1.24. The molecule has 0 amide bonds.